The number of benzene rings is 3. The Morgan fingerprint density at radius 1 is 0.455 bits per heavy atom. The van der Waals surface area contributed by atoms with E-state index in [1.165, 1.54) is 0 Å². The molecule has 0 saturated carbocycles. The first-order chi connectivity index (χ1) is 37.1. The predicted molar refractivity (Wildman–Crippen MR) is 313 cm³/mol. The Kier molecular flexibility index (Phi) is 25.1. The summed E-state index contributed by atoms with van der Waals surface area (Å²) < 4.78 is 0. The highest BCUT2D eigenvalue weighted by Gasteiger charge is 2.21. The summed E-state index contributed by atoms with van der Waals surface area (Å²) >= 11 is 0. The fourth-order valence-corrected chi connectivity index (χ4v) is 9.19. The lowest BCUT2D eigenvalue weighted by atomic mass is 10.2. The molecule has 0 amide bonds. The van der Waals surface area contributed by atoms with Crippen molar-refractivity contribution in [1.29, 1.82) is 0 Å². The van der Waals surface area contributed by atoms with Gasteiger partial charge < -0.3 is 57.9 Å². The number of nitrogens with one attached hydrogen (secondary N) is 4. The van der Waals surface area contributed by atoms with Crippen LogP contribution >= 0.6 is 0 Å². The van der Waals surface area contributed by atoms with Gasteiger partial charge in [-0.1, -0.05) is 78.9 Å². The Labute approximate surface area is 456 Å². The van der Waals surface area contributed by atoms with E-state index >= 15 is 0 Å². The first-order valence-corrected chi connectivity index (χ1v) is 27.0. The molecule has 3 aromatic carbocycles. The maximum absolute atomic E-state index is 8.36. The van der Waals surface area contributed by atoms with E-state index in [-0.39, 0.29) is 12.6 Å². The molecular formula is C55H86N20O2. The van der Waals surface area contributed by atoms with Crippen LogP contribution in [0.4, 0.5) is 40.3 Å². The second-order valence-corrected chi connectivity index (χ2v) is 19.9. The zero-order valence-corrected chi connectivity index (χ0v) is 46.1. The van der Waals surface area contributed by atoms with Crippen LogP contribution in [-0.2, 0) is 4.79 Å². The summed E-state index contributed by atoms with van der Waals surface area (Å²) in [7, 11) is 8.73. The fourth-order valence-electron chi connectivity index (χ4n) is 9.19. The summed E-state index contributed by atoms with van der Waals surface area (Å²) in [5.41, 5.74) is 10.5. The van der Waals surface area contributed by atoms with Crippen molar-refractivity contribution in [3.05, 3.63) is 91.0 Å². The molecule has 4 aliphatic heterocycles. The first kappa shape index (κ1) is 59.8. The van der Waals surface area contributed by atoms with Crippen LogP contribution < -0.4 is 33.2 Å². The number of carboxylic acid groups (broad SMARTS) is 1. The van der Waals surface area contributed by atoms with Crippen molar-refractivity contribution in [1.82, 2.24) is 65.3 Å². The highest BCUT2D eigenvalue weighted by Crippen LogP contribution is 2.35. The van der Waals surface area contributed by atoms with Gasteiger partial charge in [0.1, 0.15) is 5.69 Å². The first-order valence-electron chi connectivity index (χ1n) is 27.0. The number of piperazine rings is 4. The Morgan fingerprint density at radius 3 is 1.04 bits per heavy atom. The van der Waals surface area contributed by atoms with Crippen molar-refractivity contribution in [3.63, 3.8) is 0 Å². The topological polar surface area (TPSA) is 249 Å². The van der Waals surface area contributed by atoms with Crippen LogP contribution in [-0.4, -0.2) is 256 Å². The number of carbonyl (C=O) groups is 1. The van der Waals surface area contributed by atoms with Crippen molar-refractivity contribution in [2.75, 3.05) is 212 Å². The van der Waals surface area contributed by atoms with Crippen LogP contribution in [0.25, 0.3) is 22.8 Å². The summed E-state index contributed by atoms with van der Waals surface area (Å²) in [6.07, 6.45) is 0. The third kappa shape index (κ3) is 19.8. The molecule has 0 bridgehead atoms. The molecule has 4 saturated heterocycles. The quantitative estimate of drug-likeness (QED) is 0.0409. The monoisotopic (exact) mass is 1060 g/mol. The number of anilines is 5. The van der Waals surface area contributed by atoms with E-state index in [0.717, 1.165) is 174 Å². The molecule has 6 heterocycles. The van der Waals surface area contributed by atoms with E-state index in [1.807, 2.05) is 91.0 Å². The Bertz CT molecular complexity index is 2360. The molecule has 2 aromatic heterocycles. The number of azo groups is 1. The van der Waals surface area contributed by atoms with E-state index in [0.29, 0.717) is 46.3 Å². The molecule has 77 heavy (non-hydrogen) atoms. The van der Waals surface area contributed by atoms with E-state index in [2.05, 4.69) is 93.8 Å². The summed E-state index contributed by atoms with van der Waals surface area (Å²) in [5.74, 6) is 4.17. The molecule has 22 nitrogen and oxygen atoms in total. The average molecular weight is 1060 g/mol. The summed E-state index contributed by atoms with van der Waals surface area (Å²) in [6.45, 7) is 24.4. The molecule has 0 aliphatic carbocycles. The van der Waals surface area contributed by atoms with E-state index < -0.39 is 0 Å². The van der Waals surface area contributed by atoms with E-state index in [9.17, 15) is 0 Å². The Morgan fingerprint density at radius 2 is 0.727 bits per heavy atom. The van der Waals surface area contributed by atoms with Crippen LogP contribution in [0, 0.1) is 0 Å². The number of hydrogen-bond donors (Lipinski definition) is 7. The van der Waals surface area contributed by atoms with Crippen LogP contribution in [0.5, 0.6) is 0 Å². The van der Waals surface area contributed by atoms with Gasteiger partial charge in [0.2, 0.25) is 0 Å². The van der Waals surface area contributed by atoms with Crippen LogP contribution in [0.2, 0.25) is 0 Å². The van der Waals surface area contributed by atoms with E-state index in [1.54, 1.807) is 0 Å². The third-order valence-corrected chi connectivity index (χ3v) is 14.2. The molecule has 9 rings (SSSR count). The van der Waals surface area contributed by atoms with Gasteiger partial charge in [0, 0.05) is 168 Å². The van der Waals surface area contributed by atoms with Gasteiger partial charge in [0.05, 0.1) is 5.69 Å². The van der Waals surface area contributed by atoms with Crippen molar-refractivity contribution in [2.24, 2.45) is 10.2 Å². The number of nitrogens with zero attached hydrogens (tertiary/aromatic N) is 14. The fraction of sp³-hybridized carbons (Fsp3) is 0.509. The van der Waals surface area contributed by atoms with Gasteiger partial charge in [0.25, 0.3) is 6.47 Å². The average Bonchev–Trinajstić information content (AvgIpc) is 3.45. The zero-order chi connectivity index (χ0) is 53.3. The maximum atomic E-state index is 8.36. The van der Waals surface area contributed by atoms with Gasteiger partial charge >= 0.3 is 0 Å². The SMILES string of the molecule is CN1CCN(CCNc2nc(-c3ccccc3)nc(NCCN3CCN(C)CC3)c2N)CC1.CN1CCN(CCNc2nc(-c3ccccc3)nc(NCCN3CCN(C)CC3)c2N=Nc2ccccc2)CC1.N.O=CO. The number of nitrogens with two attached hydrogens (primary N) is 1. The maximum Gasteiger partial charge on any atom is 0.290 e. The minimum absolute atomic E-state index is 0. The minimum Gasteiger partial charge on any atom is -0.483 e. The molecule has 4 fully saturated rings. The second kappa shape index (κ2) is 32.3. The van der Waals surface area contributed by atoms with Crippen molar-refractivity contribution in [3.8, 4) is 22.8 Å². The van der Waals surface area contributed by atoms with Gasteiger partial charge in [-0.05, 0) is 40.3 Å². The molecule has 22 heteroatoms. The lowest BCUT2D eigenvalue weighted by molar-refractivity contribution is -0.122. The van der Waals surface area contributed by atoms with Crippen molar-refractivity contribution in [2.45, 2.75) is 0 Å². The van der Waals surface area contributed by atoms with Gasteiger partial charge in [-0.3, -0.25) is 24.4 Å². The standard InChI is InChI=1S/C30H42N10.C24H39N9.CH2O2.H3N/c1-37-17-21-39(22-18-37)15-13-31-29-27(36-35-26-11-7-4-8-12-26)30(32-14-16-40-23-19-38(2)20-24-40)34-28(33-29)25-9-5-3-6-10-25;1-30-12-16-32(17-13-30)10-8-26-23-21(25)24(27-9-11-33-18-14-31(2)15-19-33)29-22(28-23)20-6-4-3-5-7-20;2-1-3;/h3-12H,13-24H2,1-2H3,(H2,31,32,33,34);3-7H,8-19,25H2,1-2H3,(H2,26,27,28,29);1H,(H,2,3);1H3. The summed E-state index contributed by atoms with van der Waals surface area (Å²) in [5, 5.41) is 30.3. The highest BCUT2D eigenvalue weighted by molar-refractivity contribution is 5.78. The normalized spacial score (nSPS) is 17.6. The van der Waals surface area contributed by atoms with E-state index in [4.69, 9.17) is 40.7 Å². The Balaban J connectivity index is 0.000000238. The number of likely N-dealkylation sites (N-methyl/N-ethyl adjacent to an activating group) is 4. The van der Waals surface area contributed by atoms with Crippen LogP contribution in [0.1, 0.15) is 0 Å². The molecule has 0 unspecified atom stereocenters. The van der Waals surface area contributed by atoms with Crippen LogP contribution in [0.15, 0.2) is 101 Å². The molecule has 0 radical (unpaired) electrons. The summed E-state index contributed by atoms with van der Waals surface area (Å²) in [6, 6.07) is 30.0. The molecule has 418 valence electrons. The molecule has 0 spiro atoms. The molecule has 5 aromatic rings. The third-order valence-electron chi connectivity index (χ3n) is 14.2. The molecule has 4 aliphatic rings. The smallest absolute Gasteiger partial charge is 0.290 e. The largest absolute Gasteiger partial charge is 0.483 e. The Hall–Kier alpha value is -6.47. The lowest BCUT2D eigenvalue weighted by Gasteiger charge is -2.32. The number of nitrogen functional groups attached to an aromatic ring is 1. The molecule has 10 N–H and O–H groups in total. The van der Waals surface area contributed by atoms with Gasteiger partial charge in [0.15, 0.2) is 40.6 Å². The molecule has 0 atom stereocenters. The summed E-state index contributed by atoms with van der Waals surface area (Å²) in [4.78, 5) is 47.3. The number of hydrogen-bond acceptors (Lipinski definition) is 21. The van der Waals surface area contributed by atoms with Gasteiger partial charge in [-0.15, -0.1) is 5.11 Å². The zero-order valence-electron chi connectivity index (χ0n) is 46.1. The number of aromatic nitrogens is 4. The number of rotatable bonds is 20. The predicted octanol–water partition coefficient (Wildman–Crippen LogP) is 4.78. The highest BCUT2D eigenvalue weighted by atomic mass is 16.3. The second-order valence-electron chi connectivity index (χ2n) is 19.9. The molecular weight excluding hydrogens is 973 g/mol. The van der Waals surface area contributed by atoms with Crippen molar-refractivity contribution < 1.29 is 9.90 Å². The van der Waals surface area contributed by atoms with Gasteiger partial charge in [-0.25, -0.2) is 19.9 Å². The van der Waals surface area contributed by atoms with Crippen LogP contribution in [0.3, 0.4) is 0 Å². The minimum atomic E-state index is -0.250. The van der Waals surface area contributed by atoms with Crippen molar-refractivity contribution >= 4 is 46.8 Å². The lowest BCUT2D eigenvalue weighted by Crippen LogP contribution is -2.46. The van der Waals surface area contributed by atoms with Gasteiger partial charge in [-0.2, -0.15) is 5.11 Å².